The first-order chi connectivity index (χ1) is 12.2. The Labute approximate surface area is 147 Å². The first kappa shape index (κ1) is 15.6. The maximum atomic E-state index is 11.0. The molecule has 126 valence electrons. The van der Waals surface area contributed by atoms with Gasteiger partial charge in [0, 0.05) is 23.0 Å². The Bertz CT molecular complexity index is 867. The Morgan fingerprint density at radius 2 is 2.08 bits per heavy atom. The summed E-state index contributed by atoms with van der Waals surface area (Å²) >= 11 is 0. The van der Waals surface area contributed by atoms with Crippen molar-refractivity contribution in [1.82, 2.24) is 9.29 Å². The van der Waals surface area contributed by atoms with E-state index in [1.165, 1.54) is 17.0 Å². The fraction of sp³-hybridized carbons (Fsp3) is 0.211. The highest BCUT2D eigenvalue weighted by atomic mass is 16.5. The van der Waals surface area contributed by atoms with Crippen LogP contribution in [0.5, 0.6) is 5.75 Å². The van der Waals surface area contributed by atoms with Gasteiger partial charge in [-0.05, 0) is 48.5 Å². The van der Waals surface area contributed by atoms with Crippen molar-refractivity contribution in [2.24, 2.45) is 0 Å². The summed E-state index contributed by atoms with van der Waals surface area (Å²) in [5.74, 6) is 0.205. The Morgan fingerprint density at radius 1 is 1.28 bits per heavy atom. The van der Waals surface area contributed by atoms with Gasteiger partial charge in [0.1, 0.15) is 5.75 Å². The van der Waals surface area contributed by atoms with E-state index in [0.717, 1.165) is 19.0 Å². The molecule has 25 heavy (non-hydrogen) atoms. The summed E-state index contributed by atoms with van der Waals surface area (Å²) in [6.45, 7) is 0. The van der Waals surface area contributed by atoms with E-state index in [0.29, 0.717) is 6.42 Å². The Kier molecular flexibility index (Phi) is 3.88. The quantitative estimate of drug-likeness (QED) is 0.855. The third kappa shape index (κ3) is 2.84. The van der Waals surface area contributed by atoms with Gasteiger partial charge < -0.3 is 19.1 Å². The second-order valence-corrected chi connectivity index (χ2v) is 6.34. The lowest BCUT2D eigenvalue weighted by molar-refractivity contribution is -0.137. The number of hydrogen-bond donors (Lipinski definition) is 1. The average Bonchev–Trinajstić information content (AvgIpc) is 3.22. The number of carbonyl (C=O) groups is 1. The Hall–Kier alpha value is -2.89. The highest BCUT2D eigenvalue weighted by Gasteiger charge is 2.33. The molecule has 0 saturated carbocycles. The number of aliphatic carboxylic acids is 1. The minimum Gasteiger partial charge on any atom is -0.497 e. The summed E-state index contributed by atoms with van der Waals surface area (Å²) in [6.07, 6.45) is 7.13. The molecule has 0 fully saturated rings. The van der Waals surface area contributed by atoms with Gasteiger partial charge in [0.15, 0.2) is 0 Å². The zero-order valence-corrected chi connectivity index (χ0v) is 14.1. The zero-order chi connectivity index (χ0) is 17.4. The lowest BCUT2D eigenvalue weighted by Crippen LogP contribution is -2.33. The fourth-order valence-electron chi connectivity index (χ4n) is 3.56. The van der Waals surface area contributed by atoms with E-state index in [9.17, 15) is 4.79 Å². The fourth-order valence-corrected chi connectivity index (χ4v) is 3.56. The Balaban J connectivity index is 1.71. The van der Waals surface area contributed by atoms with E-state index in [-0.39, 0.29) is 12.3 Å². The van der Waals surface area contributed by atoms with Crippen molar-refractivity contribution in [2.75, 3.05) is 7.11 Å². The molecule has 2 aromatic rings. The molecule has 6 heteroatoms. The van der Waals surface area contributed by atoms with Gasteiger partial charge in [0.25, 0.3) is 0 Å². The number of ether oxygens (including phenoxy) is 1. The molecule has 2 aliphatic heterocycles. The molecule has 0 radical (unpaired) electrons. The summed E-state index contributed by atoms with van der Waals surface area (Å²) in [7, 11) is 2.39. The van der Waals surface area contributed by atoms with Crippen LogP contribution in [0.3, 0.4) is 0 Å². The molecule has 1 atom stereocenters. The molecule has 0 bridgehead atoms. The summed E-state index contributed by atoms with van der Waals surface area (Å²) < 4.78 is 7.43. The molecule has 3 heterocycles. The van der Waals surface area contributed by atoms with E-state index >= 15 is 0 Å². The lowest BCUT2D eigenvalue weighted by atomic mass is 9.92. The number of methoxy groups -OCH3 is 1. The van der Waals surface area contributed by atoms with Gasteiger partial charge in [-0.25, -0.2) is 0 Å². The molecule has 0 aliphatic carbocycles. The van der Waals surface area contributed by atoms with Crippen LogP contribution in [0.15, 0.2) is 60.1 Å². The van der Waals surface area contributed by atoms with Crippen LogP contribution in [0.2, 0.25) is 0 Å². The van der Waals surface area contributed by atoms with E-state index in [4.69, 9.17) is 9.84 Å². The number of rotatable bonds is 5. The van der Waals surface area contributed by atoms with Crippen LogP contribution in [0, 0.1) is 0 Å². The van der Waals surface area contributed by atoms with Gasteiger partial charge in [-0.15, -0.1) is 0 Å². The second-order valence-electron chi connectivity index (χ2n) is 6.34. The van der Waals surface area contributed by atoms with Crippen LogP contribution in [0.1, 0.15) is 30.0 Å². The molecule has 5 nitrogen and oxygen atoms in total. The van der Waals surface area contributed by atoms with Gasteiger partial charge in [-0.3, -0.25) is 4.79 Å². The number of allylic oxidation sites excluding steroid dienone is 2. The predicted molar refractivity (Wildman–Crippen MR) is 97.5 cm³/mol. The molecule has 1 N–H and O–H groups in total. The van der Waals surface area contributed by atoms with Crippen LogP contribution in [0.4, 0.5) is 0 Å². The van der Waals surface area contributed by atoms with Crippen molar-refractivity contribution >= 4 is 19.6 Å². The number of carboxylic acids is 1. The number of aromatic nitrogens is 1. The third-order valence-corrected chi connectivity index (χ3v) is 4.86. The number of fused-ring (bicyclic) bond motifs is 2. The van der Waals surface area contributed by atoms with Gasteiger partial charge >= 0.3 is 13.5 Å². The highest BCUT2D eigenvalue weighted by Crippen LogP contribution is 2.42. The lowest BCUT2D eigenvalue weighted by Gasteiger charge is -2.30. The SMILES string of the molecule is COc1ccc(C2C=C(CCC(=O)O)N3Bn4cccc4C=C23)cc1. The molecule has 0 amide bonds. The summed E-state index contributed by atoms with van der Waals surface area (Å²) in [6, 6.07) is 12.2. The number of benzene rings is 1. The van der Waals surface area contributed by atoms with Gasteiger partial charge in [0.2, 0.25) is 0 Å². The molecule has 2 aliphatic rings. The van der Waals surface area contributed by atoms with Crippen LogP contribution < -0.4 is 4.74 Å². The van der Waals surface area contributed by atoms with Crippen LogP contribution in [-0.4, -0.2) is 35.0 Å². The first-order valence-electron chi connectivity index (χ1n) is 8.36. The summed E-state index contributed by atoms with van der Waals surface area (Å²) in [5.41, 5.74) is 4.64. The van der Waals surface area contributed by atoms with E-state index in [1.54, 1.807) is 7.11 Å². The molecular formula is C19H19BN2O3. The van der Waals surface area contributed by atoms with Crippen LogP contribution in [-0.2, 0) is 4.79 Å². The monoisotopic (exact) mass is 334 g/mol. The van der Waals surface area contributed by atoms with Crippen molar-refractivity contribution in [3.05, 3.63) is 71.3 Å². The smallest absolute Gasteiger partial charge is 0.365 e. The molecule has 1 aromatic carbocycles. The number of carboxylic acid groups (broad SMARTS) is 1. The van der Waals surface area contributed by atoms with E-state index in [2.05, 4.69) is 45.8 Å². The maximum absolute atomic E-state index is 11.0. The normalized spacial score (nSPS) is 18.0. The standard InChI is InChI=1S/C19H19BN2O3/c1-25-16-7-4-13(5-8-16)17-11-15(6-9-19(23)24)22-18(17)12-14-3-2-10-21(14)20-22/h2-5,7-8,10-12,17,20H,6,9H2,1H3,(H,23,24). The molecule has 0 saturated heterocycles. The van der Waals surface area contributed by atoms with Crippen molar-refractivity contribution in [2.45, 2.75) is 18.8 Å². The molecule has 4 rings (SSSR count). The molecule has 1 unspecified atom stereocenters. The van der Waals surface area contributed by atoms with E-state index < -0.39 is 5.97 Å². The van der Waals surface area contributed by atoms with Gasteiger partial charge in [0.05, 0.1) is 13.5 Å². The van der Waals surface area contributed by atoms with Crippen molar-refractivity contribution in [3.8, 4) is 5.75 Å². The molecule has 0 spiro atoms. The zero-order valence-electron chi connectivity index (χ0n) is 14.1. The highest BCUT2D eigenvalue weighted by molar-refractivity contribution is 6.33. The minimum atomic E-state index is -0.766. The molecule has 1 aromatic heterocycles. The Morgan fingerprint density at radius 3 is 2.80 bits per heavy atom. The van der Waals surface area contributed by atoms with Gasteiger partial charge in [-0.2, -0.15) is 0 Å². The van der Waals surface area contributed by atoms with Crippen molar-refractivity contribution < 1.29 is 14.6 Å². The summed E-state index contributed by atoms with van der Waals surface area (Å²) in [5, 5.41) is 9.06. The first-order valence-corrected chi connectivity index (χ1v) is 8.36. The predicted octanol–water partition coefficient (Wildman–Crippen LogP) is 2.81. The molecular weight excluding hydrogens is 315 g/mol. The van der Waals surface area contributed by atoms with Gasteiger partial charge in [-0.1, -0.05) is 18.2 Å². The summed E-state index contributed by atoms with van der Waals surface area (Å²) in [4.78, 5) is 13.3. The third-order valence-electron chi connectivity index (χ3n) is 4.86. The van der Waals surface area contributed by atoms with Crippen molar-refractivity contribution in [3.63, 3.8) is 0 Å². The van der Waals surface area contributed by atoms with Crippen molar-refractivity contribution in [1.29, 1.82) is 0 Å². The minimum absolute atomic E-state index is 0.137. The number of hydrogen-bond acceptors (Lipinski definition) is 3. The largest absolute Gasteiger partial charge is 0.497 e. The number of nitrogens with zero attached hydrogens (tertiary/aromatic N) is 2. The average molecular weight is 334 g/mol. The second kappa shape index (κ2) is 6.20. The van der Waals surface area contributed by atoms with Crippen LogP contribution >= 0.6 is 0 Å². The van der Waals surface area contributed by atoms with E-state index in [1.807, 2.05) is 18.2 Å². The topological polar surface area (TPSA) is 54.7 Å². The van der Waals surface area contributed by atoms with Crippen LogP contribution in [0.25, 0.3) is 6.08 Å². The maximum Gasteiger partial charge on any atom is 0.365 e.